The monoisotopic (exact) mass is 604 g/mol. The number of aromatic nitrogens is 2. The maximum atomic E-state index is 13.6. The fourth-order valence-electron chi connectivity index (χ4n) is 5.94. The molecule has 0 saturated carbocycles. The number of fused-ring (bicyclic) bond motifs is 4. The van der Waals surface area contributed by atoms with E-state index in [1.54, 1.807) is 6.07 Å². The second kappa shape index (κ2) is 10.5. The first-order valence-corrected chi connectivity index (χ1v) is 14.7. The maximum absolute atomic E-state index is 13.6. The van der Waals surface area contributed by atoms with Crippen LogP contribution in [0, 0.1) is 6.92 Å². The van der Waals surface area contributed by atoms with Gasteiger partial charge < -0.3 is 10.2 Å². The van der Waals surface area contributed by atoms with E-state index in [0.29, 0.717) is 23.2 Å². The highest BCUT2D eigenvalue weighted by Gasteiger charge is 2.41. The molecule has 7 rings (SSSR count). The zero-order chi connectivity index (χ0) is 31.5. The zero-order valence-corrected chi connectivity index (χ0v) is 25.3. The lowest BCUT2D eigenvalue weighted by Gasteiger charge is -2.40. The molecule has 3 heterocycles. The molecule has 1 unspecified atom stereocenters. The molecule has 6 nitrogen and oxygen atoms in total. The number of benzene rings is 4. The van der Waals surface area contributed by atoms with Gasteiger partial charge in [0.05, 0.1) is 34.4 Å². The molecule has 0 aliphatic carbocycles. The van der Waals surface area contributed by atoms with Gasteiger partial charge in [0, 0.05) is 11.3 Å². The van der Waals surface area contributed by atoms with Crippen molar-refractivity contribution in [3.63, 3.8) is 0 Å². The third kappa shape index (κ3) is 5.08. The van der Waals surface area contributed by atoms with Crippen LogP contribution in [-0.4, -0.2) is 21.5 Å². The molecule has 2 aliphatic rings. The van der Waals surface area contributed by atoms with Crippen molar-refractivity contribution in [2.45, 2.75) is 45.3 Å². The van der Waals surface area contributed by atoms with E-state index in [4.69, 9.17) is 15.1 Å². The number of nitrogens with one attached hydrogen (secondary N) is 1. The lowest BCUT2D eigenvalue weighted by Crippen LogP contribution is -2.46. The van der Waals surface area contributed by atoms with Gasteiger partial charge in [0.2, 0.25) is 0 Å². The Kier molecular flexibility index (Phi) is 6.65. The normalized spacial score (nSPS) is 15.9. The number of amidine groups is 2. The number of hydrogen-bond acceptors (Lipinski definition) is 5. The van der Waals surface area contributed by atoms with Crippen LogP contribution in [-0.2, 0) is 11.6 Å². The summed E-state index contributed by atoms with van der Waals surface area (Å²) in [6, 6.07) is 30.9. The largest absolute Gasteiger partial charge is 0.416 e. The highest BCUT2D eigenvalue weighted by molar-refractivity contribution is 6.51. The van der Waals surface area contributed by atoms with Gasteiger partial charge in [0.25, 0.3) is 0 Å². The van der Waals surface area contributed by atoms with Crippen molar-refractivity contribution in [1.29, 1.82) is 0 Å². The van der Waals surface area contributed by atoms with Crippen molar-refractivity contribution >= 4 is 34.6 Å². The summed E-state index contributed by atoms with van der Waals surface area (Å²) in [7, 11) is 0. The summed E-state index contributed by atoms with van der Waals surface area (Å²) in [5.74, 6) is 1.47. The highest BCUT2D eigenvalue weighted by atomic mass is 19.4. The molecule has 1 N–H and O–H groups in total. The van der Waals surface area contributed by atoms with Crippen LogP contribution in [0.1, 0.15) is 54.8 Å². The Balaban J connectivity index is 1.46. The molecular weight excluding hydrogens is 573 g/mol. The average Bonchev–Trinajstić information content (AvgIpc) is 3.36. The molecule has 4 aromatic carbocycles. The van der Waals surface area contributed by atoms with Crippen molar-refractivity contribution in [1.82, 2.24) is 9.78 Å². The lowest BCUT2D eigenvalue weighted by atomic mass is 9.85. The van der Waals surface area contributed by atoms with E-state index in [1.807, 2.05) is 66.2 Å². The van der Waals surface area contributed by atoms with Gasteiger partial charge in [-0.15, -0.1) is 0 Å². The van der Waals surface area contributed by atoms with Gasteiger partial charge in [0.15, 0.2) is 17.5 Å². The maximum Gasteiger partial charge on any atom is 0.416 e. The SMILES string of the molecule is Cc1nn(-c2ccccc2)c2c1C(c1ccc(C(C)(C)C)cc1)N1C(=N2)C(Nc2cccc(C(F)(F)F)c2)=Nc2ccccc21. The first-order chi connectivity index (χ1) is 21.5. The average molecular weight is 605 g/mol. The molecule has 0 saturated heterocycles. The first-order valence-electron chi connectivity index (χ1n) is 14.7. The van der Waals surface area contributed by atoms with E-state index >= 15 is 0 Å². The smallest absolute Gasteiger partial charge is 0.337 e. The van der Waals surface area contributed by atoms with Crippen LogP contribution in [0.15, 0.2) is 113 Å². The second-order valence-corrected chi connectivity index (χ2v) is 12.3. The molecule has 1 atom stereocenters. The Bertz CT molecular complexity index is 1970. The Morgan fingerprint density at radius 1 is 0.756 bits per heavy atom. The van der Waals surface area contributed by atoms with Crippen LogP contribution < -0.4 is 10.2 Å². The minimum Gasteiger partial charge on any atom is -0.337 e. The van der Waals surface area contributed by atoms with Crippen molar-refractivity contribution in [2.75, 3.05) is 10.2 Å². The van der Waals surface area contributed by atoms with Crippen LogP contribution >= 0.6 is 0 Å². The molecule has 0 radical (unpaired) electrons. The van der Waals surface area contributed by atoms with E-state index in [0.717, 1.165) is 40.3 Å². The molecule has 0 amide bonds. The zero-order valence-electron chi connectivity index (χ0n) is 25.3. The second-order valence-electron chi connectivity index (χ2n) is 12.3. The van der Waals surface area contributed by atoms with Crippen molar-refractivity contribution < 1.29 is 13.2 Å². The summed E-state index contributed by atoms with van der Waals surface area (Å²) in [6.45, 7) is 8.54. The minimum absolute atomic E-state index is 0.0244. The number of alkyl halides is 3. The van der Waals surface area contributed by atoms with Crippen molar-refractivity contribution in [3.05, 3.63) is 131 Å². The quantitative estimate of drug-likeness (QED) is 0.223. The lowest BCUT2D eigenvalue weighted by molar-refractivity contribution is -0.137. The molecule has 226 valence electrons. The molecule has 45 heavy (non-hydrogen) atoms. The van der Waals surface area contributed by atoms with E-state index in [2.05, 4.69) is 55.3 Å². The molecule has 0 spiro atoms. The van der Waals surface area contributed by atoms with E-state index in [1.165, 1.54) is 11.6 Å². The van der Waals surface area contributed by atoms with Gasteiger partial charge in [-0.25, -0.2) is 14.7 Å². The van der Waals surface area contributed by atoms with Gasteiger partial charge in [-0.3, -0.25) is 0 Å². The number of aliphatic imine (C=N–C) groups is 2. The van der Waals surface area contributed by atoms with Gasteiger partial charge >= 0.3 is 6.18 Å². The molecular formula is C36H31F3N6. The molecule has 2 aliphatic heterocycles. The minimum atomic E-state index is -4.48. The fourth-order valence-corrected chi connectivity index (χ4v) is 5.94. The van der Waals surface area contributed by atoms with Crippen molar-refractivity contribution in [3.8, 4) is 5.69 Å². The van der Waals surface area contributed by atoms with Gasteiger partial charge in [0.1, 0.15) is 0 Å². The standard InChI is InChI=1S/C36H31F3N6/c1-22-30-31(23-17-19-24(20-18-23)35(2,3)4)44-29-16-9-8-15-28(29)41-32(40-26-12-10-11-25(21-26)36(37,38)39)34(44)42-33(30)45(43-22)27-13-6-5-7-14-27/h5-21,31H,1-4H3,(H,40,41). The Morgan fingerprint density at radius 2 is 1.47 bits per heavy atom. The molecule has 5 aromatic rings. The predicted molar refractivity (Wildman–Crippen MR) is 173 cm³/mol. The van der Waals surface area contributed by atoms with Crippen LogP contribution in [0.5, 0.6) is 0 Å². The third-order valence-corrected chi connectivity index (χ3v) is 8.18. The van der Waals surface area contributed by atoms with Gasteiger partial charge in [-0.2, -0.15) is 18.3 Å². The van der Waals surface area contributed by atoms with Gasteiger partial charge in [-0.1, -0.05) is 81.4 Å². The summed E-state index contributed by atoms with van der Waals surface area (Å²) in [6.07, 6.45) is -4.48. The number of halogens is 3. The highest BCUT2D eigenvalue weighted by Crippen LogP contribution is 2.48. The van der Waals surface area contributed by atoms with Crippen LogP contribution in [0.3, 0.4) is 0 Å². The number of hydrogen-bond donors (Lipinski definition) is 1. The molecule has 9 heteroatoms. The van der Waals surface area contributed by atoms with Gasteiger partial charge in [-0.05, 0) is 65.9 Å². The number of nitrogens with zero attached hydrogens (tertiary/aromatic N) is 5. The Labute approximate surface area is 259 Å². The topological polar surface area (TPSA) is 57.8 Å². The Hall–Kier alpha value is -5.18. The molecule has 0 fully saturated rings. The summed E-state index contributed by atoms with van der Waals surface area (Å²) in [4.78, 5) is 12.2. The van der Waals surface area contributed by atoms with Crippen molar-refractivity contribution in [2.24, 2.45) is 9.98 Å². The van der Waals surface area contributed by atoms with E-state index in [9.17, 15) is 13.2 Å². The fraction of sp³-hybridized carbons (Fsp3) is 0.194. The number of para-hydroxylation sites is 3. The number of rotatable bonds is 3. The van der Waals surface area contributed by atoms with Crippen LogP contribution in [0.4, 0.5) is 36.1 Å². The summed E-state index contributed by atoms with van der Waals surface area (Å²) in [5.41, 5.74) is 5.87. The van der Waals surface area contributed by atoms with E-state index < -0.39 is 11.7 Å². The first kappa shape index (κ1) is 28.6. The van der Waals surface area contributed by atoms with E-state index in [-0.39, 0.29) is 17.1 Å². The third-order valence-electron chi connectivity index (χ3n) is 8.18. The number of aryl methyl sites for hydroxylation is 1. The summed E-state index contributed by atoms with van der Waals surface area (Å²) in [5, 5.41) is 8.13. The Morgan fingerprint density at radius 3 is 2.18 bits per heavy atom. The summed E-state index contributed by atoms with van der Waals surface area (Å²) >= 11 is 0. The molecule has 0 bridgehead atoms. The van der Waals surface area contributed by atoms with Crippen LogP contribution in [0.2, 0.25) is 0 Å². The summed E-state index contributed by atoms with van der Waals surface area (Å²) < 4.78 is 42.7. The number of anilines is 2. The van der Waals surface area contributed by atoms with Crippen LogP contribution in [0.25, 0.3) is 5.69 Å². The molecule has 1 aromatic heterocycles. The predicted octanol–water partition coefficient (Wildman–Crippen LogP) is 9.29.